The molecule has 0 radical (unpaired) electrons. The van der Waals surface area contributed by atoms with Crippen molar-refractivity contribution in [2.45, 2.75) is 13.0 Å². The van der Waals surface area contributed by atoms with E-state index in [0.717, 1.165) is 17.4 Å². The van der Waals surface area contributed by atoms with Crippen molar-refractivity contribution in [2.24, 2.45) is 4.99 Å². The maximum atomic E-state index is 4.30. The molecule has 1 nitrogen and oxygen atoms in total. The van der Waals surface area contributed by atoms with Gasteiger partial charge in [0.05, 0.1) is 6.54 Å². The molecular weight excluding hydrogens is 261 g/mol. The highest BCUT2D eigenvalue weighted by Gasteiger charge is 1.85. The molecule has 0 spiro atoms. The van der Waals surface area contributed by atoms with Crippen LogP contribution in [-0.2, 0) is 6.54 Å². The van der Waals surface area contributed by atoms with Crippen LogP contribution in [0.1, 0.15) is 12.0 Å². The fourth-order valence-corrected chi connectivity index (χ4v) is 1.17. The SMILES string of the molecule is ICC/C=N\Cc1ccccc1. The normalized spacial score (nSPS) is 10.8. The molecule has 1 rings (SSSR count). The Labute approximate surface area is 87.0 Å². The van der Waals surface area contributed by atoms with Crippen LogP contribution in [-0.4, -0.2) is 10.6 Å². The molecule has 0 atom stereocenters. The number of benzene rings is 1. The first kappa shape index (κ1) is 9.71. The molecule has 0 bridgehead atoms. The summed E-state index contributed by atoms with van der Waals surface area (Å²) >= 11 is 2.35. The van der Waals surface area contributed by atoms with Gasteiger partial charge in [-0.05, 0) is 18.2 Å². The highest BCUT2D eigenvalue weighted by molar-refractivity contribution is 14.1. The Morgan fingerprint density at radius 3 is 2.67 bits per heavy atom. The fourth-order valence-electron chi connectivity index (χ4n) is 0.893. The van der Waals surface area contributed by atoms with E-state index in [-0.39, 0.29) is 0 Å². The molecule has 0 heterocycles. The van der Waals surface area contributed by atoms with Crippen molar-refractivity contribution in [3.05, 3.63) is 35.9 Å². The van der Waals surface area contributed by atoms with Gasteiger partial charge in [0.25, 0.3) is 0 Å². The van der Waals surface area contributed by atoms with Gasteiger partial charge in [0.1, 0.15) is 0 Å². The van der Waals surface area contributed by atoms with E-state index in [4.69, 9.17) is 0 Å². The molecule has 0 aromatic heterocycles. The summed E-state index contributed by atoms with van der Waals surface area (Å²) in [5.41, 5.74) is 1.28. The van der Waals surface area contributed by atoms with Gasteiger partial charge in [-0.1, -0.05) is 52.9 Å². The summed E-state index contributed by atoms with van der Waals surface area (Å²) in [6.07, 6.45) is 3.08. The third kappa shape index (κ3) is 3.85. The van der Waals surface area contributed by atoms with E-state index in [1.165, 1.54) is 5.56 Å². The average molecular weight is 273 g/mol. The summed E-state index contributed by atoms with van der Waals surface area (Å²) in [7, 11) is 0. The highest BCUT2D eigenvalue weighted by atomic mass is 127. The van der Waals surface area contributed by atoms with Crippen LogP contribution in [0.15, 0.2) is 35.3 Å². The number of hydrogen-bond donors (Lipinski definition) is 0. The Morgan fingerprint density at radius 2 is 2.00 bits per heavy atom. The third-order valence-corrected chi connectivity index (χ3v) is 2.11. The molecule has 12 heavy (non-hydrogen) atoms. The highest BCUT2D eigenvalue weighted by Crippen LogP contribution is 1.99. The summed E-state index contributed by atoms with van der Waals surface area (Å²) in [6, 6.07) is 10.3. The average Bonchev–Trinajstić information content (AvgIpc) is 2.14. The second kappa shape index (κ2) is 6.17. The minimum Gasteiger partial charge on any atom is -0.293 e. The Balaban J connectivity index is 2.33. The lowest BCUT2D eigenvalue weighted by atomic mass is 10.2. The van der Waals surface area contributed by atoms with Crippen molar-refractivity contribution in [1.82, 2.24) is 0 Å². The largest absolute Gasteiger partial charge is 0.293 e. The number of alkyl halides is 1. The van der Waals surface area contributed by atoms with Crippen LogP contribution in [0.25, 0.3) is 0 Å². The maximum Gasteiger partial charge on any atom is 0.0635 e. The Bertz CT molecular complexity index is 231. The van der Waals surface area contributed by atoms with Crippen molar-refractivity contribution in [3.63, 3.8) is 0 Å². The van der Waals surface area contributed by atoms with Crippen LogP contribution in [0, 0.1) is 0 Å². The van der Waals surface area contributed by atoms with E-state index in [9.17, 15) is 0 Å². The zero-order valence-corrected chi connectivity index (χ0v) is 9.07. The van der Waals surface area contributed by atoms with Crippen LogP contribution in [0.5, 0.6) is 0 Å². The smallest absolute Gasteiger partial charge is 0.0635 e. The predicted molar refractivity (Wildman–Crippen MR) is 62.1 cm³/mol. The number of rotatable bonds is 4. The van der Waals surface area contributed by atoms with Crippen LogP contribution in [0.4, 0.5) is 0 Å². The summed E-state index contributed by atoms with van der Waals surface area (Å²) in [5.74, 6) is 0. The van der Waals surface area contributed by atoms with Crippen molar-refractivity contribution >= 4 is 28.8 Å². The van der Waals surface area contributed by atoms with Crippen molar-refractivity contribution in [2.75, 3.05) is 4.43 Å². The van der Waals surface area contributed by atoms with E-state index in [2.05, 4.69) is 39.7 Å². The predicted octanol–water partition coefficient (Wildman–Crippen LogP) is 3.08. The topological polar surface area (TPSA) is 12.4 Å². The molecule has 0 N–H and O–H groups in total. The van der Waals surface area contributed by atoms with Gasteiger partial charge in [0.2, 0.25) is 0 Å². The van der Waals surface area contributed by atoms with Crippen LogP contribution in [0.2, 0.25) is 0 Å². The van der Waals surface area contributed by atoms with Gasteiger partial charge in [0, 0.05) is 4.43 Å². The van der Waals surface area contributed by atoms with E-state index in [1.54, 1.807) is 0 Å². The first-order chi connectivity index (χ1) is 5.93. The molecule has 0 saturated carbocycles. The fraction of sp³-hybridized carbons (Fsp3) is 0.300. The number of aliphatic imine (C=N–C) groups is 1. The lowest BCUT2D eigenvalue weighted by Crippen LogP contribution is -1.81. The van der Waals surface area contributed by atoms with Crippen LogP contribution in [0.3, 0.4) is 0 Å². The minimum atomic E-state index is 0.817. The maximum absolute atomic E-state index is 4.30. The van der Waals surface area contributed by atoms with Gasteiger partial charge in [-0.2, -0.15) is 0 Å². The molecule has 0 amide bonds. The second-order valence-corrected chi connectivity index (χ2v) is 3.57. The van der Waals surface area contributed by atoms with Crippen LogP contribution >= 0.6 is 22.6 Å². The van der Waals surface area contributed by atoms with Crippen molar-refractivity contribution < 1.29 is 0 Å². The zero-order valence-electron chi connectivity index (χ0n) is 6.91. The molecule has 0 saturated heterocycles. The Kier molecular flexibility index (Phi) is 4.99. The van der Waals surface area contributed by atoms with Gasteiger partial charge in [-0.3, -0.25) is 4.99 Å². The molecule has 0 unspecified atom stereocenters. The Hall–Kier alpha value is -0.380. The third-order valence-electron chi connectivity index (χ3n) is 1.48. The number of nitrogens with zero attached hydrogens (tertiary/aromatic N) is 1. The molecule has 0 fully saturated rings. The summed E-state index contributed by atoms with van der Waals surface area (Å²) < 4.78 is 1.15. The first-order valence-corrected chi connectivity index (χ1v) is 5.54. The van der Waals surface area contributed by atoms with Gasteiger partial charge in [-0.25, -0.2) is 0 Å². The van der Waals surface area contributed by atoms with Gasteiger partial charge in [0.15, 0.2) is 0 Å². The van der Waals surface area contributed by atoms with Gasteiger partial charge in [-0.15, -0.1) is 0 Å². The molecule has 64 valence electrons. The number of hydrogen-bond acceptors (Lipinski definition) is 1. The van der Waals surface area contributed by atoms with E-state index in [0.29, 0.717) is 0 Å². The molecular formula is C10H12IN. The molecule has 0 aliphatic rings. The molecule has 0 aliphatic heterocycles. The quantitative estimate of drug-likeness (QED) is 0.454. The first-order valence-electron chi connectivity index (χ1n) is 4.01. The molecule has 1 aromatic carbocycles. The lowest BCUT2D eigenvalue weighted by molar-refractivity contribution is 1.07. The van der Waals surface area contributed by atoms with E-state index in [1.807, 2.05) is 24.4 Å². The minimum absolute atomic E-state index is 0.817. The standard InChI is InChI=1S/C10H12IN/c11-7-4-8-12-9-10-5-2-1-3-6-10/h1-3,5-6,8H,4,7,9H2/b12-8-. The van der Waals surface area contributed by atoms with Gasteiger partial charge < -0.3 is 0 Å². The molecule has 0 aliphatic carbocycles. The summed E-state index contributed by atoms with van der Waals surface area (Å²) in [6.45, 7) is 0.817. The van der Waals surface area contributed by atoms with Gasteiger partial charge >= 0.3 is 0 Å². The Morgan fingerprint density at radius 1 is 1.25 bits per heavy atom. The summed E-state index contributed by atoms with van der Waals surface area (Å²) in [5, 5.41) is 0. The van der Waals surface area contributed by atoms with E-state index < -0.39 is 0 Å². The monoisotopic (exact) mass is 273 g/mol. The van der Waals surface area contributed by atoms with Crippen molar-refractivity contribution in [1.29, 1.82) is 0 Å². The van der Waals surface area contributed by atoms with E-state index >= 15 is 0 Å². The zero-order chi connectivity index (χ0) is 8.65. The lowest BCUT2D eigenvalue weighted by Gasteiger charge is -1.93. The summed E-state index contributed by atoms with van der Waals surface area (Å²) in [4.78, 5) is 4.30. The van der Waals surface area contributed by atoms with Crippen molar-refractivity contribution in [3.8, 4) is 0 Å². The molecule has 2 heteroatoms. The second-order valence-electron chi connectivity index (χ2n) is 2.49. The van der Waals surface area contributed by atoms with Crippen LogP contribution < -0.4 is 0 Å². The number of halogens is 1. The molecule has 1 aromatic rings.